The maximum absolute atomic E-state index is 12.5. The van der Waals surface area contributed by atoms with Gasteiger partial charge in [-0.1, -0.05) is 23.8 Å². The highest BCUT2D eigenvalue weighted by atomic mass is 35.5. The fraction of sp³-hybridized carbons (Fsp3) is 0.500. The largest absolute Gasteiger partial charge is 0.501 e. The van der Waals surface area contributed by atoms with E-state index in [-0.39, 0.29) is 24.0 Å². The summed E-state index contributed by atoms with van der Waals surface area (Å²) in [7, 11) is 1.57. The summed E-state index contributed by atoms with van der Waals surface area (Å²) in [5.74, 6) is -0.202. The second kappa shape index (κ2) is 10.0. The molecule has 170 valence electrons. The van der Waals surface area contributed by atoms with Gasteiger partial charge >= 0.3 is 12.1 Å². The number of likely N-dealkylation sites (tertiary alicyclic amines) is 1. The lowest BCUT2D eigenvalue weighted by atomic mass is 10.1. The molecule has 1 aliphatic heterocycles. The summed E-state index contributed by atoms with van der Waals surface area (Å²) in [5, 5.41) is 9.81. The van der Waals surface area contributed by atoms with Gasteiger partial charge in [0.1, 0.15) is 22.9 Å². The Bertz CT molecular complexity index is 891. The highest BCUT2D eigenvalue weighted by Crippen LogP contribution is 2.31. The first-order valence-corrected chi connectivity index (χ1v) is 10.3. The number of halogens is 1. The summed E-state index contributed by atoms with van der Waals surface area (Å²) in [4.78, 5) is 29.7. The average Bonchev–Trinajstić information content (AvgIpc) is 3.07. The summed E-state index contributed by atoms with van der Waals surface area (Å²) >= 11 is 6.20. The molecule has 1 N–H and O–H groups in total. The minimum Gasteiger partial charge on any atom is -0.501 e. The third-order valence-electron chi connectivity index (χ3n) is 4.49. The monoisotopic (exact) mass is 452 g/mol. The molecule has 0 aromatic carbocycles. The molecule has 1 aliphatic rings. The normalized spacial score (nSPS) is 19.6. The Morgan fingerprint density at radius 1 is 1.35 bits per heavy atom. The predicted octanol–water partition coefficient (Wildman–Crippen LogP) is 4.62. The summed E-state index contributed by atoms with van der Waals surface area (Å²) in [6, 6.07) is 0.632. The number of carboxylic acids is 1. The van der Waals surface area contributed by atoms with Crippen LogP contribution in [0, 0.1) is 0 Å². The summed E-state index contributed by atoms with van der Waals surface area (Å²) < 4.78 is 16.6. The van der Waals surface area contributed by atoms with E-state index < -0.39 is 29.8 Å². The molecule has 2 heterocycles. The highest BCUT2D eigenvalue weighted by molar-refractivity contribution is 6.29. The maximum atomic E-state index is 12.5. The van der Waals surface area contributed by atoms with Crippen LogP contribution in [-0.4, -0.2) is 58.5 Å². The van der Waals surface area contributed by atoms with Gasteiger partial charge in [-0.15, -0.1) is 0 Å². The lowest BCUT2D eigenvalue weighted by Gasteiger charge is -2.26. The van der Waals surface area contributed by atoms with Crippen LogP contribution in [-0.2, 0) is 14.3 Å². The SMILES string of the molecule is C/C=C\c1c(/C=C(\C)OC)cc(Cl)nc1O[C@@H]1C[C@@H](C(=O)O)N(C(=O)OC(C)(C)C)C1. The maximum Gasteiger partial charge on any atom is 0.411 e. The van der Waals surface area contributed by atoms with Crippen molar-refractivity contribution in [2.24, 2.45) is 0 Å². The molecule has 1 aromatic rings. The number of carbonyl (C=O) groups is 2. The van der Waals surface area contributed by atoms with Crippen LogP contribution in [0.25, 0.3) is 12.2 Å². The molecule has 0 spiro atoms. The van der Waals surface area contributed by atoms with E-state index in [2.05, 4.69) is 4.98 Å². The van der Waals surface area contributed by atoms with Crippen LogP contribution in [0.2, 0.25) is 5.15 Å². The number of hydrogen-bond acceptors (Lipinski definition) is 6. The van der Waals surface area contributed by atoms with E-state index in [9.17, 15) is 14.7 Å². The van der Waals surface area contributed by atoms with E-state index in [4.69, 9.17) is 25.8 Å². The molecule has 9 heteroatoms. The topological polar surface area (TPSA) is 98.2 Å². The van der Waals surface area contributed by atoms with E-state index in [1.807, 2.05) is 19.1 Å². The molecule has 0 saturated carbocycles. The van der Waals surface area contributed by atoms with E-state index in [0.29, 0.717) is 11.3 Å². The van der Waals surface area contributed by atoms with Crippen LogP contribution >= 0.6 is 11.6 Å². The van der Waals surface area contributed by atoms with Gasteiger partial charge in [-0.25, -0.2) is 14.6 Å². The number of carboxylic acid groups (broad SMARTS) is 1. The predicted molar refractivity (Wildman–Crippen MR) is 118 cm³/mol. The molecule has 0 bridgehead atoms. The smallest absolute Gasteiger partial charge is 0.411 e. The molecule has 2 atom stereocenters. The molecule has 0 radical (unpaired) electrons. The zero-order valence-corrected chi connectivity index (χ0v) is 19.4. The van der Waals surface area contributed by atoms with E-state index in [1.54, 1.807) is 46.9 Å². The first-order valence-electron chi connectivity index (χ1n) is 9.89. The standard InChI is InChI=1S/C22H29ClN2O6/c1-7-8-16-14(9-13(2)29-6)10-18(23)24-19(16)30-15-11-17(20(26)27)25(12-15)21(28)31-22(3,4)5/h7-10,15,17H,11-12H2,1-6H3,(H,26,27)/b8-7-,13-9+/t15-,17+/m1/s1. The number of allylic oxidation sites excluding steroid dienone is 2. The number of rotatable bonds is 6. The van der Waals surface area contributed by atoms with Crippen molar-refractivity contribution in [2.75, 3.05) is 13.7 Å². The molecule has 1 saturated heterocycles. The van der Waals surface area contributed by atoms with Gasteiger partial charge in [0.15, 0.2) is 0 Å². The van der Waals surface area contributed by atoms with Crippen molar-refractivity contribution < 1.29 is 28.9 Å². The van der Waals surface area contributed by atoms with Crippen molar-refractivity contribution in [1.29, 1.82) is 0 Å². The molecular formula is C22H29ClN2O6. The molecule has 1 aromatic heterocycles. The van der Waals surface area contributed by atoms with Crippen LogP contribution in [0.5, 0.6) is 5.88 Å². The third kappa shape index (κ3) is 6.62. The lowest BCUT2D eigenvalue weighted by molar-refractivity contribution is -0.142. The van der Waals surface area contributed by atoms with Crippen molar-refractivity contribution in [3.8, 4) is 5.88 Å². The lowest BCUT2D eigenvalue weighted by Crippen LogP contribution is -2.43. The second-order valence-corrected chi connectivity index (χ2v) is 8.56. The average molecular weight is 453 g/mol. The number of aromatic nitrogens is 1. The minimum atomic E-state index is -1.12. The number of hydrogen-bond donors (Lipinski definition) is 1. The Kier molecular flexibility index (Phi) is 7.95. The molecule has 1 amide bonds. The van der Waals surface area contributed by atoms with Crippen LogP contribution in [0.3, 0.4) is 0 Å². The fourth-order valence-electron chi connectivity index (χ4n) is 3.14. The Morgan fingerprint density at radius 3 is 2.58 bits per heavy atom. The van der Waals surface area contributed by atoms with Gasteiger partial charge in [0.2, 0.25) is 5.88 Å². The zero-order valence-electron chi connectivity index (χ0n) is 18.6. The minimum absolute atomic E-state index is 0.0532. The van der Waals surface area contributed by atoms with Gasteiger partial charge in [0.25, 0.3) is 0 Å². The number of nitrogens with zero attached hydrogens (tertiary/aromatic N) is 2. The number of ether oxygens (including phenoxy) is 3. The molecule has 1 fully saturated rings. The fourth-order valence-corrected chi connectivity index (χ4v) is 3.33. The van der Waals surface area contributed by atoms with Crippen LogP contribution in [0.1, 0.15) is 52.2 Å². The van der Waals surface area contributed by atoms with Gasteiger partial charge in [-0.3, -0.25) is 4.90 Å². The zero-order chi connectivity index (χ0) is 23.3. The molecule has 8 nitrogen and oxygen atoms in total. The third-order valence-corrected chi connectivity index (χ3v) is 4.69. The van der Waals surface area contributed by atoms with E-state index >= 15 is 0 Å². The van der Waals surface area contributed by atoms with Gasteiger partial charge in [0.05, 0.1) is 19.4 Å². The van der Waals surface area contributed by atoms with Crippen molar-refractivity contribution in [3.05, 3.63) is 34.2 Å². The number of amides is 1. The van der Waals surface area contributed by atoms with E-state index in [1.165, 1.54) is 4.90 Å². The van der Waals surface area contributed by atoms with Gasteiger partial charge < -0.3 is 19.3 Å². The van der Waals surface area contributed by atoms with Gasteiger partial charge in [-0.05, 0) is 52.3 Å². The Labute approximate surface area is 187 Å². The Hall–Kier alpha value is -2.74. The van der Waals surface area contributed by atoms with Gasteiger partial charge in [0, 0.05) is 12.0 Å². The number of pyridine rings is 1. The van der Waals surface area contributed by atoms with Crippen molar-refractivity contribution >= 4 is 35.8 Å². The summed E-state index contributed by atoms with van der Waals surface area (Å²) in [6.45, 7) is 8.89. The summed E-state index contributed by atoms with van der Waals surface area (Å²) in [6.07, 6.45) is 4.27. The van der Waals surface area contributed by atoms with Crippen molar-refractivity contribution in [1.82, 2.24) is 9.88 Å². The Morgan fingerprint density at radius 2 is 2.03 bits per heavy atom. The first-order chi connectivity index (χ1) is 14.4. The van der Waals surface area contributed by atoms with Crippen LogP contribution in [0.4, 0.5) is 4.79 Å². The molecule has 0 aliphatic carbocycles. The van der Waals surface area contributed by atoms with E-state index in [0.717, 1.165) is 5.56 Å². The number of methoxy groups -OCH3 is 1. The van der Waals surface area contributed by atoms with Crippen molar-refractivity contribution in [3.63, 3.8) is 0 Å². The quantitative estimate of drug-likeness (QED) is 0.496. The molecule has 2 rings (SSSR count). The first kappa shape index (κ1) is 24.5. The Balaban J connectivity index is 2.35. The highest BCUT2D eigenvalue weighted by Gasteiger charge is 2.43. The van der Waals surface area contributed by atoms with Crippen LogP contribution < -0.4 is 4.74 Å². The van der Waals surface area contributed by atoms with Crippen molar-refractivity contribution in [2.45, 2.75) is 58.8 Å². The molecule has 31 heavy (non-hydrogen) atoms. The molecule has 0 unspecified atom stereocenters. The van der Waals surface area contributed by atoms with Gasteiger partial charge in [-0.2, -0.15) is 0 Å². The molecular weight excluding hydrogens is 424 g/mol. The number of carbonyl (C=O) groups excluding carboxylic acids is 1. The number of aliphatic carboxylic acids is 1. The summed E-state index contributed by atoms with van der Waals surface area (Å²) in [5.41, 5.74) is 0.669. The van der Waals surface area contributed by atoms with Crippen LogP contribution in [0.15, 0.2) is 17.9 Å². The second-order valence-electron chi connectivity index (χ2n) is 8.17.